The zero-order valence-corrected chi connectivity index (χ0v) is 11.2. The van der Waals surface area contributed by atoms with Crippen LogP contribution in [0.25, 0.3) is 11.1 Å². The Balaban J connectivity index is 0.000000163. The monoisotopic (exact) mass is 255 g/mol. The molecule has 0 bridgehead atoms. The van der Waals surface area contributed by atoms with Gasteiger partial charge in [-0.25, -0.2) is 0 Å². The lowest BCUT2D eigenvalue weighted by Gasteiger charge is -2.07. The zero-order chi connectivity index (χ0) is 13.3. The van der Waals surface area contributed by atoms with Crippen LogP contribution in [0.3, 0.4) is 0 Å². The Morgan fingerprint density at radius 1 is 0.737 bits per heavy atom. The van der Waals surface area contributed by atoms with Gasteiger partial charge in [0, 0.05) is 13.1 Å². The second-order valence-corrected chi connectivity index (χ2v) is 4.70. The Morgan fingerprint density at radius 3 is 1.47 bits per heavy atom. The fourth-order valence-corrected chi connectivity index (χ4v) is 2.19. The van der Waals surface area contributed by atoms with Crippen molar-refractivity contribution in [3.8, 4) is 11.1 Å². The molecule has 2 heteroatoms. The summed E-state index contributed by atoms with van der Waals surface area (Å²) in [6.07, 6.45) is 2.53. The molecule has 1 aliphatic heterocycles. The molecule has 2 aromatic rings. The highest BCUT2D eigenvalue weighted by Gasteiger charge is 2.07. The minimum Gasteiger partial charge on any atom is -0.381 e. The molecule has 2 nitrogen and oxygen atoms in total. The first kappa shape index (κ1) is 13.8. The van der Waals surface area contributed by atoms with E-state index >= 15 is 0 Å². The van der Waals surface area contributed by atoms with Crippen molar-refractivity contribution in [1.29, 1.82) is 0 Å². The summed E-state index contributed by atoms with van der Waals surface area (Å²) in [6, 6.07) is 20.8. The largest absolute Gasteiger partial charge is 0.381 e. The first-order valence-corrected chi connectivity index (χ1v) is 6.84. The van der Waals surface area contributed by atoms with Gasteiger partial charge in [0.2, 0.25) is 0 Å². The minimum absolute atomic E-state index is 0.250. The fraction of sp³-hybridized carbons (Fsp3) is 0.294. The van der Waals surface area contributed by atoms with E-state index in [-0.39, 0.29) is 6.73 Å². The Labute approximate surface area is 115 Å². The van der Waals surface area contributed by atoms with E-state index in [9.17, 15) is 0 Å². The second-order valence-electron chi connectivity index (χ2n) is 4.70. The third-order valence-corrected chi connectivity index (χ3v) is 3.28. The van der Waals surface area contributed by atoms with Crippen LogP contribution in [-0.2, 0) is 0 Å². The van der Waals surface area contributed by atoms with Gasteiger partial charge in [0.15, 0.2) is 0 Å². The van der Waals surface area contributed by atoms with Crippen molar-refractivity contribution >= 4 is 0 Å². The molecule has 3 rings (SSSR count). The van der Waals surface area contributed by atoms with Crippen LogP contribution in [0.15, 0.2) is 60.7 Å². The van der Waals surface area contributed by atoms with Gasteiger partial charge in [0.1, 0.15) is 0 Å². The predicted octanol–water partition coefficient (Wildman–Crippen LogP) is 3.39. The van der Waals surface area contributed by atoms with Gasteiger partial charge in [-0.15, -0.1) is 0 Å². The molecule has 0 saturated carbocycles. The summed E-state index contributed by atoms with van der Waals surface area (Å²) in [5, 5.41) is 8.49. The summed E-state index contributed by atoms with van der Waals surface area (Å²) >= 11 is 0. The number of hydrogen-bond donors (Lipinski definition) is 1. The van der Waals surface area contributed by atoms with Gasteiger partial charge in [0.25, 0.3) is 0 Å². The Morgan fingerprint density at radius 2 is 1.16 bits per heavy atom. The molecule has 0 aliphatic carbocycles. The Kier molecular flexibility index (Phi) is 5.60. The second kappa shape index (κ2) is 7.72. The molecular formula is C17H21NO. The fourth-order valence-electron chi connectivity index (χ4n) is 2.19. The number of hydrogen-bond acceptors (Lipinski definition) is 2. The smallest absolute Gasteiger partial charge is 0.0956 e. The van der Waals surface area contributed by atoms with E-state index < -0.39 is 0 Å². The zero-order valence-electron chi connectivity index (χ0n) is 11.2. The SMILES string of the molecule is OCN1CCCC1.c1ccc(-c2ccccc2)cc1. The number of benzene rings is 2. The van der Waals surface area contributed by atoms with Crippen LogP contribution >= 0.6 is 0 Å². The lowest BCUT2D eigenvalue weighted by atomic mass is 10.1. The van der Waals surface area contributed by atoms with Crippen molar-refractivity contribution < 1.29 is 5.11 Å². The third-order valence-electron chi connectivity index (χ3n) is 3.28. The van der Waals surface area contributed by atoms with Gasteiger partial charge in [-0.05, 0) is 24.0 Å². The van der Waals surface area contributed by atoms with Crippen molar-refractivity contribution in [2.45, 2.75) is 12.8 Å². The average Bonchev–Trinajstić information content (AvgIpc) is 3.03. The van der Waals surface area contributed by atoms with E-state index in [1.165, 1.54) is 24.0 Å². The molecule has 0 spiro atoms. The molecule has 0 amide bonds. The molecule has 100 valence electrons. The quantitative estimate of drug-likeness (QED) is 0.889. The maximum absolute atomic E-state index is 8.49. The van der Waals surface area contributed by atoms with Crippen molar-refractivity contribution in [3.63, 3.8) is 0 Å². The van der Waals surface area contributed by atoms with Gasteiger partial charge in [-0.3, -0.25) is 4.90 Å². The summed E-state index contributed by atoms with van der Waals surface area (Å²) in [7, 11) is 0. The minimum atomic E-state index is 0.250. The summed E-state index contributed by atoms with van der Waals surface area (Å²) in [4.78, 5) is 2.04. The van der Waals surface area contributed by atoms with E-state index in [1.54, 1.807) is 0 Å². The van der Waals surface area contributed by atoms with Gasteiger partial charge in [0.05, 0.1) is 6.73 Å². The molecule has 0 unspecified atom stereocenters. The maximum atomic E-state index is 8.49. The molecule has 1 heterocycles. The van der Waals surface area contributed by atoms with E-state index in [0.29, 0.717) is 0 Å². The topological polar surface area (TPSA) is 23.5 Å². The van der Waals surface area contributed by atoms with Gasteiger partial charge < -0.3 is 5.11 Å². The number of nitrogens with zero attached hydrogens (tertiary/aromatic N) is 1. The van der Waals surface area contributed by atoms with E-state index in [0.717, 1.165) is 13.1 Å². The molecule has 0 aromatic heterocycles. The van der Waals surface area contributed by atoms with Crippen LogP contribution in [0.2, 0.25) is 0 Å². The standard InChI is InChI=1S/C12H10.C5H11NO/c1-3-7-11(8-4-1)12-9-5-2-6-10-12;7-5-6-3-1-2-4-6/h1-10H;7H,1-5H2. The van der Waals surface area contributed by atoms with Gasteiger partial charge >= 0.3 is 0 Å². The molecule has 1 aliphatic rings. The maximum Gasteiger partial charge on any atom is 0.0956 e. The third kappa shape index (κ3) is 4.51. The van der Waals surface area contributed by atoms with E-state index in [2.05, 4.69) is 48.5 Å². The van der Waals surface area contributed by atoms with Crippen LogP contribution in [0.5, 0.6) is 0 Å². The first-order valence-electron chi connectivity index (χ1n) is 6.84. The van der Waals surface area contributed by atoms with Crippen molar-refractivity contribution in [2.24, 2.45) is 0 Å². The highest BCUT2D eigenvalue weighted by atomic mass is 16.3. The Hall–Kier alpha value is -1.64. The molecule has 1 saturated heterocycles. The van der Waals surface area contributed by atoms with Crippen LogP contribution in [0.4, 0.5) is 0 Å². The van der Waals surface area contributed by atoms with Crippen LogP contribution in [0, 0.1) is 0 Å². The van der Waals surface area contributed by atoms with Crippen LogP contribution < -0.4 is 0 Å². The lowest BCUT2D eigenvalue weighted by molar-refractivity contribution is 0.132. The molecular weight excluding hydrogens is 234 g/mol. The number of aliphatic hydroxyl groups is 1. The molecule has 19 heavy (non-hydrogen) atoms. The average molecular weight is 255 g/mol. The van der Waals surface area contributed by atoms with E-state index in [4.69, 9.17) is 5.11 Å². The molecule has 1 fully saturated rings. The van der Waals surface area contributed by atoms with Crippen molar-refractivity contribution in [1.82, 2.24) is 4.90 Å². The first-order chi connectivity index (χ1) is 9.40. The normalized spacial score (nSPS) is 14.8. The Bertz CT molecular complexity index is 412. The summed E-state index contributed by atoms with van der Waals surface area (Å²) in [6.45, 7) is 2.44. The van der Waals surface area contributed by atoms with E-state index in [1.807, 2.05) is 17.0 Å². The molecule has 0 radical (unpaired) electrons. The number of rotatable bonds is 2. The molecule has 2 aromatic carbocycles. The summed E-state index contributed by atoms with van der Waals surface area (Å²) in [5.41, 5.74) is 2.55. The van der Waals surface area contributed by atoms with Crippen LogP contribution in [0.1, 0.15) is 12.8 Å². The lowest BCUT2D eigenvalue weighted by Crippen LogP contribution is -2.19. The predicted molar refractivity (Wildman–Crippen MR) is 79.8 cm³/mol. The van der Waals surface area contributed by atoms with Gasteiger partial charge in [-0.2, -0.15) is 0 Å². The summed E-state index contributed by atoms with van der Waals surface area (Å²) in [5.74, 6) is 0. The number of aliphatic hydroxyl groups excluding tert-OH is 1. The van der Waals surface area contributed by atoms with Crippen molar-refractivity contribution in [3.05, 3.63) is 60.7 Å². The number of likely N-dealkylation sites (tertiary alicyclic amines) is 1. The molecule has 1 N–H and O–H groups in total. The highest BCUT2D eigenvalue weighted by molar-refractivity contribution is 5.62. The highest BCUT2D eigenvalue weighted by Crippen LogP contribution is 2.17. The molecule has 0 atom stereocenters. The van der Waals surface area contributed by atoms with Gasteiger partial charge in [-0.1, -0.05) is 60.7 Å². The summed E-state index contributed by atoms with van der Waals surface area (Å²) < 4.78 is 0. The van der Waals surface area contributed by atoms with Crippen molar-refractivity contribution in [2.75, 3.05) is 19.8 Å². The van der Waals surface area contributed by atoms with Crippen LogP contribution in [-0.4, -0.2) is 29.8 Å².